The van der Waals surface area contributed by atoms with Gasteiger partial charge < -0.3 is 4.90 Å². The second kappa shape index (κ2) is 6.42. The molecule has 20 heavy (non-hydrogen) atoms. The maximum absolute atomic E-state index is 10.8. The van der Waals surface area contributed by atoms with Gasteiger partial charge in [0.2, 0.25) is 0 Å². The van der Waals surface area contributed by atoms with Crippen LogP contribution in [-0.4, -0.2) is 13.3 Å². The zero-order valence-electron chi connectivity index (χ0n) is 11.3. The summed E-state index contributed by atoms with van der Waals surface area (Å²) in [6, 6.07) is 13.6. The number of rotatable bonds is 4. The van der Waals surface area contributed by atoms with Gasteiger partial charge in [-0.05, 0) is 58.7 Å². The fourth-order valence-corrected chi connectivity index (χ4v) is 2.96. The number of hydrogen-bond donors (Lipinski definition) is 0. The Morgan fingerprint density at radius 1 is 1.25 bits per heavy atom. The molecule has 0 aliphatic heterocycles. The Bertz CT molecular complexity index is 630. The van der Waals surface area contributed by atoms with E-state index in [4.69, 9.17) is 11.6 Å². The lowest BCUT2D eigenvalue weighted by molar-refractivity contribution is 0.112. The highest BCUT2D eigenvalue weighted by Crippen LogP contribution is 2.32. The number of benzene rings is 2. The topological polar surface area (TPSA) is 20.3 Å². The van der Waals surface area contributed by atoms with Crippen LogP contribution in [0, 0.1) is 0 Å². The first-order chi connectivity index (χ1) is 9.52. The minimum Gasteiger partial charge on any atom is -0.367 e. The van der Waals surface area contributed by atoms with Gasteiger partial charge in [0.15, 0.2) is 0 Å². The van der Waals surface area contributed by atoms with Crippen molar-refractivity contribution in [3.63, 3.8) is 0 Å². The minimum absolute atomic E-state index is 0.173. The molecule has 0 aliphatic rings. The molecule has 0 saturated heterocycles. The van der Waals surface area contributed by atoms with Crippen LogP contribution >= 0.6 is 27.5 Å². The van der Waals surface area contributed by atoms with Crippen LogP contribution < -0.4 is 4.90 Å². The first-order valence-electron chi connectivity index (χ1n) is 6.26. The summed E-state index contributed by atoms with van der Waals surface area (Å²) in [4.78, 5) is 12.9. The normalized spacial score (nSPS) is 12.0. The van der Waals surface area contributed by atoms with Crippen molar-refractivity contribution in [3.8, 4) is 0 Å². The Labute approximate surface area is 132 Å². The zero-order valence-corrected chi connectivity index (χ0v) is 13.6. The van der Waals surface area contributed by atoms with E-state index in [0.29, 0.717) is 5.56 Å². The van der Waals surface area contributed by atoms with E-state index in [2.05, 4.69) is 33.8 Å². The van der Waals surface area contributed by atoms with Crippen molar-refractivity contribution >= 4 is 39.5 Å². The van der Waals surface area contributed by atoms with E-state index in [1.807, 2.05) is 43.4 Å². The Morgan fingerprint density at radius 3 is 2.60 bits per heavy atom. The zero-order chi connectivity index (χ0) is 14.7. The number of aldehydes is 1. The smallest absolute Gasteiger partial charge is 0.150 e. The summed E-state index contributed by atoms with van der Waals surface area (Å²) < 4.78 is 0.901. The Kier molecular flexibility index (Phi) is 4.84. The van der Waals surface area contributed by atoms with Gasteiger partial charge in [0.25, 0.3) is 0 Å². The molecule has 0 bridgehead atoms. The standard InChI is InChI=1S/C16H15BrClNO/c1-11(13-4-3-5-14(18)9-13)19(2)16-7-6-12(10-20)8-15(16)17/h3-11H,1-2H3. The summed E-state index contributed by atoms with van der Waals surface area (Å²) in [5.41, 5.74) is 2.83. The molecular formula is C16H15BrClNO. The third-order valence-electron chi connectivity index (χ3n) is 3.40. The molecule has 2 aromatic rings. The van der Waals surface area contributed by atoms with Gasteiger partial charge in [-0.2, -0.15) is 0 Å². The lowest BCUT2D eigenvalue weighted by Crippen LogP contribution is -2.22. The van der Waals surface area contributed by atoms with Crippen molar-refractivity contribution in [1.82, 2.24) is 0 Å². The number of hydrogen-bond acceptors (Lipinski definition) is 2. The fourth-order valence-electron chi connectivity index (χ4n) is 2.08. The molecular weight excluding hydrogens is 338 g/mol. The Morgan fingerprint density at radius 2 is 2.00 bits per heavy atom. The molecule has 104 valence electrons. The predicted octanol–water partition coefficient (Wildman–Crippen LogP) is 5.11. The van der Waals surface area contributed by atoms with Gasteiger partial charge in [-0.15, -0.1) is 0 Å². The molecule has 0 heterocycles. The van der Waals surface area contributed by atoms with Crippen LogP contribution in [-0.2, 0) is 0 Å². The fraction of sp³-hybridized carbons (Fsp3) is 0.188. The molecule has 0 amide bonds. The SMILES string of the molecule is CC(c1cccc(Cl)c1)N(C)c1ccc(C=O)cc1Br. The summed E-state index contributed by atoms with van der Waals surface area (Å²) in [7, 11) is 2.02. The molecule has 2 rings (SSSR count). The monoisotopic (exact) mass is 351 g/mol. The second-order valence-corrected chi connectivity index (χ2v) is 5.96. The first-order valence-corrected chi connectivity index (χ1v) is 7.43. The van der Waals surface area contributed by atoms with E-state index in [1.165, 1.54) is 0 Å². The number of anilines is 1. The van der Waals surface area contributed by atoms with Gasteiger partial charge in [-0.1, -0.05) is 23.7 Å². The van der Waals surface area contributed by atoms with Crippen LogP contribution in [0.3, 0.4) is 0 Å². The highest BCUT2D eigenvalue weighted by atomic mass is 79.9. The summed E-state index contributed by atoms with van der Waals surface area (Å²) in [6.45, 7) is 2.12. The molecule has 0 radical (unpaired) electrons. The third kappa shape index (κ3) is 3.22. The molecule has 0 aliphatic carbocycles. The third-order valence-corrected chi connectivity index (χ3v) is 4.27. The highest BCUT2D eigenvalue weighted by molar-refractivity contribution is 9.10. The van der Waals surface area contributed by atoms with Crippen LogP contribution in [0.1, 0.15) is 28.9 Å². The van der Waals surface area contributed by atoms with Crippen molar-refractivity contribution in [2.24, 2.45) is 0 Å². The number of halogens is 2. The van der Waals surface area contributed by atoms with E-state index in [-0.39, 0.29) is 6.04 Å². The summed E-state index contributed by atoms with van der Waals surface area (Å²) in [6.07, 6.45) is 0.842. The summed E-state index contributed by atoms with van der Waals surface area (Å²) in [5, 5.41) is 0.734. The first kappa shape index (κ1) is 15.1. The molecule has 2 nitrogen and oxygen atoms in total. The van der Waals surface area contributed by atoms with Gasteiger partial charge in [0.05, 0.1) is 11.7 Å². The van der Waals surface area contributed by atoms with Gasteiger partial charge in [0, 0.05) is 22.1 Å². The second-order valence-electron chi connectivity index (χ2n) is 4.67. The van der Waals surface area contributed by atoms with Crippen molar-refractivity contribution in [2.45, 2.75) is 13.0 Å². The van der Waals surface area contributed by atoms with E-state index in [0.717, 1.165) is 27.0 Å². The van der Waals surface area contributed by atoms with E-state index < -0.39 is 0 Å². The minimum atomic E-state index is 0.173. The molecule has 0 spiro atoms. The Hall–Kier alpha value is -1.32. The summed E-state index contributed by atoms with van der Waals surface area (Å²) in [5.74, 6) is 0. The van der Waals surface area contributed by atoms with E-state index in [9.17, 15) is 4.79 Å². The molecule has 0 fully saturated rings. The highest BCUT2D eigenvalue weighted by Gasteiger charge is 2.15. The van der Waals surface area contributed by atoms with Crippen molar-refractivity contribution < 1.29 is 4.79 Å². The lowest BCUT2D eigenvalue weighted by Gasteiger charge is -2.28. The average molecular weight is 353 g/mol. The molecule has 0 saturated carbocycles. The molecule has 1 unspecified atom stereocenters. The van der Waals surface area contributed by atoms with Crippen LogP contribution in [0.15, 0.2) is 46.9 Å². The van der Waals surface area contributed by atoms with Crippen LogP contribution in [0.4, 0.5) is 5.69 Å². The number of nitrogens with zero attached hydrogens (tertiary/aromatic N) is 1. The maximum Gasteiger partial charge on any atom is 0.150 e. The molecule has 4 heteroatoms. The van der Waals surface area contributed by atoms with Gasteiger partial charge in [-0.25, -0.2) is 0 Å². The van der Waals surface area contributed by atoms with Crippen molar-refractivity contribution in [3.05, 3.63) is 63.1 Å². The predicted molar refractivity (Wildman–Crippen MR) is 87.8 cm³/mol. The van der Waals surface area contributed by atoms with Gasteiger partial charge in [-0.3, -0.25) is 4.79 Å². The van der Waals surface area contributed by atoms with E-state index >= 15 is 0 Å². The molecule has 0 aromatic heterocycles. The Balaban J connectivity index is 2.31. The lowest BCUT2D eigenvalue weighted by atomic mass is 10.1. The molecule has 0 N–H and O–H groups in total. The number of carbonyl (C=O) groups excluding carboxylic acids is 1. The van der Waals surface area contributed by atoms with Crippen LogP contribution in [0.25, 0.3) is 0 Å². The van der Waals surface area contributed by atoms with Crippen molar-refractivity contribution in [1.29, 1.82) is 0 Å². The summed E-state index contributed by atoms with van der Waals surface area (Å²) >= 11 is 9.56. The quantitative estimate of drug-likeness (QED) is 0.712. The molecule has 1 atom stereocenters. The van der Waals surface area contributed by atoms with Gasteiger partial charge >= 0.3 is 0 Å². The maximum atomic E-state index is 10.8. The van der Waals surface area contributed by atoms with Crippen LogP contribution in [0.5, 0.6) is 0 Å². The van der Waals surface area contributed by atoms with Crippen molar-refractivity contribution in [2.75, 3.05) is 11.9 Å². The molecule has 2 aromatic carbocycles. The average Bonchev–Trinajstić information content (AvgIpc) is 2.45. The largest absolute Gasteiger partial charge is 0.367 e. The van der Waals surface area contributed by atoms with Gasteiger partial charge in [0.1, 0.15) is 6.29 Å². The number of carbonyl (C=O) groups is 1. The van der Waals surface area contributed by atoms with Crippen LogP contribution in [0.2, 0.25) is 5.02 Å². The van der Waals surface area contributed by atoms with E-state index in [1.54, 1.807) is 0 Å².